The monoisotopic (exact) mass is 397 g/mol. The van der Waals surface area contributed by atoms with Crippen molar-refractivity contribution >= 4 is 29.1 Å². The first-order chi connectivity index (χ1) is 14.0. The van der Waals surface area contributed by atoms with Gasteiger partial charge in [0.1, 0.15) is 5.82 Å². The zero-order valence-electron chi connectivity index (χ0n) is 16.3. The zero-order valence-corrected chi connectivity index (χ0v) is 16.3. The molecule has 1 fully saturated rings. The van der Waals surface area contributed by atoms with E-state index in [1.165, 1.54) is 24.3 Å². The summed E-state index contributed by atoms with van der Waals surface area (Å²) in [5, 5.41) is 5.49. The normalized spacial score (nSPS) is 16.0. The molecule has 2 aromatic carbocycles. The molecule has 0 bridgehead atoms. The van der Waals surface area contributed by atoms with Gasteiger partial charge in [-0.1, -0.05) is 13.3 Å². The van der Waals surface area contributed by atoms with Gasteiger partial charge >= 0.3 is 0 Å². The Kier molecular flexibility index (Phi) is 6.59. The third-order valence-corrected chi connectivity index (χ3v) is 4.88. The summed E-state index contributed by atoms with van der Waals surface area (Å²) in [6.07, 6.45) is 2.16. The maximum Gasteiger partial charge on any atom is 0.255 e. The van der Waals surface area contributed by atoms with Gasteiger partial charge in [-0.05, 0) is 55.0 Å². The first-order valence-electron chi connectivity index (χ1n) is 9.72. The molecule has 1 saturated heterocycles. The van der Waals surface area contributed by atoms with Gasteiger partial charge in [-0.15, -0.1) is 0 Å². The fraction of sp³-hybridized carbons (Fsp3) is 0.318. The number of carbonyl (C=O) groups is 3. The summed E-state index contributed by atoms with van der Waals surface area (Å²) in [6.45, 7) is 3.20. The van der Waals surface area contributed by atoms with Gasteiger partial charge in [-0.3, -0.25) is 14.4 Å². The third kappa shape index (κ3) is 5.40. The van der Waals surface area contributed by atoms with Crippen molar-refractivity contribution in [1.29, 1.82) is 0 Å². The fourth-order valence-electron chi connectivity index (χ4n) is 3.20. The van der Waals surface area contributed by atoms with Crippen LogP contribution in [0.2, 0.25) is 0 Å². The van der Waals surface area contributed by atoms with E-state index in [-0.39, 0.29) is 35.9 Å². The minimum absolute atomic E-state index is 0.0198. The topological polar surface area (TPSA) is 78.5 Å². The van der Waals surface area contributed by atoms with Crippen molar-refractivity contribution in [3.8, 4) is 0 Å². The van der Waals surface area contributed by atoms with E-state index >= 15 is 0 Å². The lowest BCUT2D eigenvalue weighted by atomic mass is 10.1. The quantitative estimate of drug-likeness (QED) is 0.748. The summed E-state index contributed by atoms with van der Waals surface area (Å²) in [4.78, 5) is 38.5. The number of nitrogens with one attached hydrogen (secondary N) is 2. The van der Waals surface area contributed by atoms with Gasteiger partial charge in [0.25, 0.3) is 5.91 Å². The van der Waals surface area contributed by atoms with Crippen LogP contribution in [0.3, 0.4) is 0 Å². The fourth-order valence-corrected chi connectivity index (χ4v) is 3.20. The summed E-state index contributed by atoms with van der Waals surface area (Å²) >= 11 is 0. The van der Waals surface area contributed by atoms with Crippen LogP contribution in [0.4, 0.5) is 15.8 Å². The Balaban J connectivity index is 1.55. The number of carbonyl (C=O) groups excluding carboxylic acids is 3. The third-order valence-electron chi connectivity index (χ3n) is 4.88. The van der Waals surface area contributed by atoms with Crippen LogP contribution < -0.4 is 10.6 Å². The minimum Gasteiger partial charge on any atom is -0.342 e. The van der Waals surface area contributed by atoms with Crippen molar-refractivity contribution in [3.63, 3.8) is 0 Å². The van der Waals surface area contributed by atoms with Gasteiger partial charge in [-0.2, -0.15) is 0 Å². The Morgan fingerprint density at radius 1 is 1.03 bits per heavy atom. The Morgan fingerprint density at radius 3 is 2.31 bits per heavy atom. The number of likely N-dealkylation sites (tertiary alicyclic amines) is 1. The number of nitrogens with zero attached hydrogens (tertiary/aromatic N) is 1. The van der Waals surface area contributed by atoms with Crippen LogP contribution >= 0.6 is 0 Å². The van der Waals surface area contributed by atoms with Crippen LogP contribution in [0, 0.1) is 11.7 Å². The van der Waals surface area contributed by atoms with Crippen molar-refractivity contribution in [2.45, 2.75) is 26.2 Å². The lowest BCUT2D eigenvalue weighted by Crippen LogP contribution is -2.29. The van der Waals surface area contributed by atoms with Crippen molar-refractivity contribution < 1.29 is 18.8 Å². The molecule has 1 unspecified atom stereocenters. The van der Waals surface area contributed by atoms with Gasteiger partial charge in [0.05, 0.1) is 5.92 Å². The number of rotatable bonds is 7. The molecular weight excluding hydrogens is 373 g/mol. The van der Waals surface area contributed by atoms with Crippen LogP contribution in [-0.2, 0) is 9.59 Å². The molecule has 1 aliphatic rings. The van der Waals surface area contributed by atoms with E-state index < -0.39 is 0 Å². The second kappa shape index (κ2) is 9.32. The van der Waals surface area contributed by atoms with Crippen molar-refractivity contribution in [1.82, 2.24) is 4.90 Å². The summed E-state index contributed by atoms with van der Waals surface area (Å²) in [5.41, 5.74) is 1.47. The standard InChI is InChI=1S/C22H24FN3O3/c1-2-3-12-26-14-16(13-20(26)27)22(29)25-18-8-4-15(5-9-18)21(28)24-19-10-6-17(23)7-11-19/h4-11,16H,2-3,12-14H2,1H3,(H,24,28)(H,25,29). The molecule has 29 heavy (non-hydrogen) atoms. The molecule has 0 radical (unpaired) electrons. The van der Waals surface area contributed by atoms with Crippen LogP contribution in [0.25, 0.3) is 0 Å². The van der Waals surface area contributed by atoms with Crippen LogP contribution in [0.15, 0.2) is 48.5 Å². The highest BCUT2D eigenvalue weighted by molar-refractivity contribution is 6.04. The number of amides is 3. The maximum absolute atomic E-state index is 12.9. The highest BCUT2D eigenvalue weighted by Gasteiger charge is 2.33. The Morgan fingerprint density at radius 2 is 1.66 bits per heavy atom. The Bertz CT molecular complexity index is 881. The molecule has 3 rings (SSSR count). The lowest BCUT2D eigenvalue weighted by molar-refractivity contribution is -0.128. The molecule has 3 amide bonds. The van der Waals surface area contributed by atoms with E-state index in [9.17, 15) is 18.8 Å². The van der Waals surface area contributed by atoms with Gasteiger partial charge in [-0.25, -0.2) is 4.39 Å². The van der Waals surface area contributed by atoms with Gasteiger partial charge < -0.3 is 15.5 Å². The second-order valence-electron chi connectivity index (χ2n) is 7.12. The van der Waals surface area contributed by atoms with Gasteiger partial charge in [0.2, 0.25) is 11.8 Å². The van der Waals surface area contributed by atoms with E-state index in [1.807, 2.05) is 0 Å². The van der Waals surface area contributed by atoms with E-state index in [0.29, 0.717) is 30.0 Å². The summed E-state index contributed by atoms with van der Waals surface area (Å²) in [6, 6.07) is 12.0. The van der Waals surface area contributed by atoms with Crippen LogP contribution in [0.1, 0.15) is 36.5 Å². The molecule has 0 aliphatic carbocycles. The molecule has 1 heterocycles. The van der Waals surface area contributed by atoms with Crippen LogP contribution in [0.5, 0.6) is 0 Å². The molecule has 152 valence electrons. The molecule has 0 aromatic heterocycles. The average molecular weight is 397 g/mol. The van der Waals surface area contributed by atoms with Crippen molar-refractivity contribution in [2.24, 2.45) is 5.92 Å². The number of hydrogen-bond donors (Lipinski definition) is 2. The SMILES string of the molecule is CCCCN1CC(C(=O)Nc2ccc(C(=O)Nc3ccc(F)cc3)cc2)CC1=O. The highest BCUT2D eigenvalue weighted by Crippen LogP contribution is 2.21. The number of unbranched alkanes of at least 4 members (excludes halogenated alkanes) is 1. The van der Waals surface area contributed by atoms with Gasteiger partial charge in [0.15, 0.2) is 0 Å². The van der Waals surface area contributed by atoms with Gasteiger partial charge in [0, 0.05) is 36.4 Å². The first kappa shape index (κ1) is 20.5. The molecule has 0 spiro atoms. The second-order valence-corrected chi connectivity index (χ2v) is 7.12. The molecule has 1 aliphatic heterocycles. The van der Waals surface area contributed by atoms with E-state index in [4.69, 9.17) is 0 Å². The van der Waals surface area contributed by atoms with Crippen molar-refractivity contribution in [3.05, 3.63) is 59.9 Å². The molecule has 2 N–H and O–H groups in total. The molecule has 6 nitrogen and oxygen atoms in total. The summed E-state index contributed by atoms with van der Waals surface area (Å²) in [5.74, 6) is -1.24. The maximum atomic E-state index is 12.9. The number of anilines is 2. The lowest BCUT2D eigenvalue weighted by Gasteiger charge is -2.16. The predicted octanol–water partition coefficient (Wildman–Crippen LogP) is 3.67. The van der Waals surface area contributed by atoms with Crippen molar-refractivity contribution in [2.75, 3.05) is 23.7 Å². The Labute approximate surface area is 169 Å². The Hall–Kier alpha value is -3.22. The van der Waals surface area contributed by atoms with Crippen LogP contribution in [-0.4, -0.2) is 35.7 Å². The smallest absolute Gasteiger partial charge is 0.255 e. The molecule has 2 aromatic rings. The predicted molar refractivity (Wildman–Crippen MR) is 109 cm³/mol. The first-order valence-corrected chi connectivity index (χ1v) is 9.72. The molecule has 7 heteroatoms. The summed E-state index contributed by atoms with van der Waals surface area (Å²) in [7, 11) is 0. The number of halogens is 1. The summed E-state index contributed by atoms with van der Waals surface area (Å²) < 4.78 is 12.9. The minimum atomic E-state index is -0.374. The molecule has 0 saturated carbocycles. The zero-order chi connectivity index (χ0) is 20.8. The van der Waals surface area contributed by atoms with E-state index in [0.717, 1.165) is 12.8 Å². The molecular formula is C22H24FN3O3. The highest BCUT2D eigenvalue weighted by atomic mass is 19.1. The largest absolute Gasteiger partial charge is 0.342 e. The number of benzene rings is 2. The van der Waals surface area contributed by atoms with E-state index in [2.05, 4.69) is 17.6 Å². The average Bonchev–Trinajstić information content (AvgIpc) is 3.09. The van der Waals surface area contributed by atoms with E-state index in [1.54, 1.807) is 29.2 Å². The molecule has 1 atom stereocenters. The number of hydrogen-bond acceptors (Lipinski definition) is 3.